The Bertz CT molecular complexity index is 575. The SMILES string of the molecule is CC(O)(c1ccccn1)C1CCN(Cc2ccccc2)CC1. The van der Waals surface area contributed by atoms with Crippen molar-refractivity contribution in [3.63, 3.8) is 0 Å². The van der Waals surface area contributed by atoms with Crippen molar-refractivity contribution in [2.75, 3.05) is 13.1 Å². The molecule has 1 aliphatic heterocycles. The molecule has 0 spiro atoms. The van der Waals surface area contributed by atoms with Gasteiger partial charge in [-0.2, -0.15) is 0 Å². The first-order chi connectivity index (χ1) is 10.7. The number of aromatic nitrogens is 1. The molecular weight excluding hydrogens is 272 g/mol. The first-order valence-electron chi connectivity index (χ1n) is 8.06. The average Bonchev–Trinajstić information content (AvgIpc) is 2.57. The maximum absolute atomic E-state index is 10.9. The van der Waals surface area contributed by atoms with Crippen molar-refractivity contribution in [3.05, 3.63) is 66.0 Å². The van der Waals surface area contributed by atoms with Crippen LogP contribution in [0, 0.1) is 5.92 Å². The molecule has 2 heterocycles. The van der Waals surface area contributed by atoms with Gasteiger partial charge in [-0.1, -0.05) is 36.4 Å². The average molecular weight is 296 g/mol. The molecular formula is C19H24N2O. The monoisotopic (exact) mass is 296 g/mol. The Hall–Kier alpha value is -1.71. The summed E-state index contributed by atoms with van der Waals surface area (Å²) in [4.78, 5) is 6.82. The number of likely N-dealkylation sites (tertiary alicyclic amines) is 1. The topological polar surface area (TPSA) is 36.4 Å². The molecule has 1 aromatic heterocycles. The van der Waals surface area contributed by atoms with E-state index >= 15 is 0 Å². The minimum Gasteiger partial charge on any atom is -0.384 e. The van der Waals surface area contributed by atoms with E-state index in [1.807, 2.05) is 25.1 Å². The molecule has 0 aliphatic carbocycles. The van der Waals surface area contributed by atoms with Crippen LogP contribution in [0.3, 0.4) is 0 Å². The smallest absolute Gasteiger partial charge is 0.107 e. The van der Waals surface area contributed by atoms with Crippen molar-refractivity contribution in [2.24, 2.45) is 5.92 Å². The minimum atomic E-state index is -0.833. The van der Waals surface area contributed by atoms with Gasteiger partial charge in [0.2, 0.25) is 0 Å². The molecule has 0 bridgehead atoms. The van der Waals surface area contributed by atoms with Crippen LogP contribution < -0.4 is 0 Å². The van der Waals surface area contributed by atoms with Crippen LogP contribution in [0.25, 0.3) is 0 Å². The highest BCUT2D eigenvalue weighted by Gasteiger charge is 2.36. The third kappa shape index (κ3) is 3.37. The zero-order chi connectivity index (χ0) is 15.4. The number of pyridine rings is 1. The van der Waals surface area contributed by atoms with Crippen molar-refractivity contribution in [1.82, 2.24) is 9.88 Å². The van der Waals surface area contributed by atoms with Gasteiger partial charge in [0.25, 0.3) is 0 Å². The lowest BCUT2D eigenvalue weighted by molar-refractivity contribution is -0.0372. The Morgan fingerprint density at radius 3 is 2.41 bits per heavy atom. The maximum atomic E-state index is 10.9. The molecule has 1 N–H and O–H groups in total. The van der Waals surface area contributed by atoms with Gasteiger partial charge in [-0.05, 0) is 56.5 Å². The van der Waals surface area contributed by atoms with Gasteiger partial charge in [-0.15, -0.1) is 0 Å². The largest absolute Gasteiger partial charge is 0.384 e. The summed E-state index contributed by atoms with van der Waals surface area (Å²) in [5, 5.41) is 10.9. The molecule has 3 heteroatoms. The second kappa shape index (κ2) is 6.59. The van der Waals surface area contributed by atoms with E-state index < -0.39 is 5.60 Å². The Morgan fingerprint density at radius 1 is 1.09 bits per heavy atom. The third-order valence-electron chi connectivity index (χ3n) is 4.81. The molecule has 1 aromatic carbocycles. The molecule has 3 rings (SSSR count). The maximum Gasteiger partial charge on any atom is 0.107 e. The third-order valence-corrected chi connectivity index (χ3v) is 4.81. The highest BCUT2D eigenvalue weighted by molar-refractivity contribution is 5.15. The fourth-order valence-electron chi connectivity index (χ4n) is 3.37. The summed E-state index contributed by atoms with van der Waals surface area (Å²) in [6, 6.07) is 16.4. The zero-order valence-electron chi connectivity index (χ0n) is 13.2. The van der Waals surface area contributed by atoms with E-state index in [0.29, 0.717) is 0 Å². The van der Waals surface area contributed by atoms with E-state index in [4.69, 9.17) is 0 Å². The molecule has 1 unspecified atom stereocenters. The van der Waals surface area contributed by atoms with Crippen LogP contribution in [-0.4, -0.2) is 28.1 Å². The summed E-state index contributed by atoms with van der Waals surface area (Å²) in [5.74, 6) is 0.273. The number of hydrogen-bond donors (Lipinski definition) is 1. The van der Waals surface area contributed by atoms with Crippen molar-refractivity contribution in [1.29, 1.82) is 0 Å². The Morgan fingerprint density at radius 2 is 1.77 bits per heavy atom. The lowest BCUT2D eigenvalue weighted by Gasteiger charge is -2.39. The highest BCUT2D eigenvalue weighted by atomic mass is 16.3. The molecule has 1 aliphatic rings. The molecule has 116 valence electrons. The molecule has 1 fully saturated rings. The number of aliphatic hydroxyl groups is 1. The fourth-order valence-corrected chi connectivity index (χ4v) is 3.37. The molecule has 1 atom stereocenters. The van der Waals surface area contributed by atoms with E-state index in [2.05, 4.69) is 40.2 Å². The predicted molar refractivity (Wildman–Crippen MR) is 88.3 cm³/mol. The molecule has 0 saturated carbocycles. The van der Waals surface area contributed by atoms with Crippen LogP contribution in [0.15, 0.2) is 54.7 Å². The number of rotatable bonds is 4. The van der Waals surface area contributed by atoms with E-state index in [0.717, 1.165) is 38.2 Å². The summed E-state index contributed by atoms with van der Waals surface area (Å²) in [5.41, 5.74) is 1.31. The van der Waals surface area contributed by atoms with Crippen LogP contribution in [0.4, 0.5) is 0 Å². The first-order valence-corrected chi connectivity index (χ1v) is 8.06. The number of piperidine rings is 1. The van der Waals surface area contributed by atoms with E-state index in [-0.39, 0.29) is 5.92 Å². The Labute approximate surface area is 132 Å². The number of nitrogens with zero attached hydrogens (tertiary/aromatic N) is 2. The van der Waals surface area contributed by atoms with Gasteiger partial charge in [0.1, 0.15) is 5.60 Å². The molecule has 0 radical (unpaired) electrons. The standard InChI is InChI=1S/C19H24N2O/c1-19(22,18-9-5-6-12-20-18)17-10-13-21(14-11-17)15-16-7-3-2-4-8-16/h2-9,12,17,22H,10-11,13-15H2,1H3. The Kier molecular flexibility index (Phi) is 4.55. The van der Waals surface area contributed by atoms with Crippen molar-refractivity contribution < 1.29 is 5.11 Å². The number of benzene rings is 1. The van der Waals surface area contributed by atoms with Crippen LogP contribution >= 0.6 is 0 Å². The van der Waals surface area contributed by atoms with Gasteiger partial charge >= 0.3 is 0 Å². The van der Waals surface area contributed by atoms with Gasteiger partial charge in [-0.25, -0.2) is 0 Å². The predicted octanol–water partition coefficient (Wildman–Crippen LogP) is 3.20. The normalized spacial score (nSPS) is 19.7. The highest BCUT2D eigenvalue weighted by Crippen LogP contribution is 2.35. The van der Waals surface area contributed by atoms with Crippen LogP contribution in [0.5, 0.6) is 0 Å². The van der Waals surface area contributed by atoms with Crippen molar-refractivity contribution >= 4 is 0 Å². The summed E-state index contributed by atoms with van der Waals surface area (Å²) >= 11 is 0. The van der Waals surface area contributed by atoms with Crippen LogP contribution in [0.2, 0.25) is 0 Å². The fraction of sp³-hybridized carbons (Fsp3) is 0.421. The molecule has 22 heavy (non-hydrogen) atoms. The first kappa shape index (κ1) is 15.2. The van der Waals surface area contributed by atoms with E-state index in [9.17, 15) is 5.11 Å². The lowest BCUT2D eigenvalue weighted by atomic mass is 9.79. The van der Waals surface area contributed by atoms with Crippen LogP contribution in [0.1, 0.15) is 31.0 Å². The quantitative estimate of drug-likeness (QED) is 0.941. The molecule has 2 aromatic rings. The molecule has 3 nitrogen and oxygen atoms in total. The summed E-state index contributed by atoms with van der Waals surface area (Å²) in [7, 11) is 0. The lowest BCUT2D eigenvalue weighted by Crippen LogP contribution is -2.42. The van der Waals surface area contributed by atoms with E-state index in [1.54, 1.807) is 6.20 Å². The van der Waals surface area contributed by atoms with Gasteiger partial charge in [-0.3, -0.25) is 9.88 Å². The molecule has 0 amide bonds. The van der Waals surface area contributed by atoms with E-state index in [1.165, 1.54) is 5.56 Å². The van der Waals surface area contributed by atoms with Crippen LogP contribution in [-0.2, 0) is 12.1 Å². The van der Waals surface area contributed by atoms with Crippen molar-refractivity contribution in [2.45, 2.75) is 31.9 Å². The Balaban J connectivity index is 1.60. The second-order valence-electron chi connectivity index (χ2n) is 6.40. The summed E-state index contributed by atoms with van der Waals surface area (Å²) < 4.78 is 0. The zero-order valence-corrected chi connectivity index (χ0v) is 13.2. The van der Waals surface area contributed by atoms with Gasteiger partial charge < -0.3 is 5.11 Å². The minimum absolute atomic E-state index is 0.273. The van der Waals surface area contributed by atoms with Gasteiger partial charge in [0.15, 0.2) is 0 Å². The van der Waals surface area contributed by atoms with Crippen molar-refractivity contribution in [3.8, 4) is 0 Å². The number of hydrogen-bond acceptors (Lipinski definition) is 3. The van der Waals surface area contributed by atoms with Gasteiger partial charge in [0.05, 0.1) is 5.69 Å². The summed E-state index contributed by atoms with van der Waals surface area (Å²) in [6.45, 7) is 4.97. The summed E-state index contributed by atoms with van der Waals surface area (Å²) in [6.07, 6.45) is 3.78. The van der Waals surface area contributed by atoms with Gasteiger partial charge in [0, 0.05) is 12.7 Å². The second-order valence-corrected chi connectivity index (χ2v) is 6.40. The molecule has 1 saturated heterocycles.